The molecule has 0 aliphatic carbocycles. The van der Waals surface area contributed by atoms with Gasteiger partial charge in [-0.25, -0.2) is 4.79 Å². The van der Waals surface area contributed by atoms with E-state index in [0.29, 0.717) is 24.4 Å². The van der Waals surface area contributed by atoms with E-state index in [0.717, 1.165) is 25.7 Å². The molecule has 0 spiro atoms. The maximum atomic E-state index is 10.8. The van der Waals surface area contributed by atoms with Gasteiger partial charge in [0.25, 0.3) is 0 Å². The molecule has 98 valence electrons. The number of nitrogens with zero attached hydrogens (tertiary/aromatic N) is 1. The molecule has 2 bridgehead atoms. The minimum atomic E-state index is -0.956. The van der Waals surface area contributed by atoms with Gasteiger partial charge in [-0.3, -0.25) is 4.90 Å². The third kappa shape index (κ3) is 2.04. The van der Waals surface area contributed by atoms with Crippen molar-refractivity contribution in [1.29, 1.82) is 0 Å². The van der Waals surface area contributed by atoms with Crippen LogP contribution in [0.4, 0.5) is 0 Å². The summed E-state index contributed by atoms with van der Waals surface area (Å²) in [6, 6.07) is 2.42. The number of carbonyl (C=O) groups is 1. The quantitative estimate of drug-likeness (QED) is 0.850. The summed E-state index contributed by atoms with van der Waals surface area (Å²) in [6.07, 6.45) is 5.00. The number of fused-ring (bicyclic) bond motifs is 2. The van der Waals surface area contributed by atoms with Crippen molar-refractivity contribution in [3.05, 3.63) is 23.7 Å². The van der Waals surface area contributed by atoms with Gasteiger partial charge in [-0.1, -0.05) is 0 Å². The fourth-order valence-corrected chi connectivity index (χ4v) is 3.26. The summed E-state index contributed by atoms with van der Waals surface area (Å²) in [7, 11) is 0. The van der Waals surface area contributed by atoms with Crippen LogP contribution in [0, 0.1) is 0 Å². The minimum absolute atomic E-state index is 0.176. The molecule has 3 rings (SSSR count). The normalized spacial score (nSPS) is 31.7. The standard InChI is InChI=1S/C13H17NO4/c15-11-4-9-1-2-10(5-11)14(9)6-12-3-8(7-18-12)13(16)17/h3,7,9-11,15H,1-2,4-6H2,(H,16,17). The maximum Gasteiger partial charge on any atom is 0.338 e. The number of aromatic carboxylic acids is 1. The van der Waals surface area contributed by atoms with E-state index in [4.69, 9.17) is 9.52 Å². The number of carboxylic acid groups (broad SMARTS) is 1. The molecule has 18 heavy (non-hydrogen) atoms. The van der Waals surface area contributed by atoms with E-state index in [9.17, 15) is 9.90 Å². The lowest BCUT2D eigenvalue weighted by atomic mass is 10.00. The molecule has 2 N–H and O–H groups in total. The lowest BCUT2D eigenvalue weighted by Crippen LogP contribution is -2.43. The average molecular weight is 251 g/mol. The van der Waals surface area contributed by atoms with Crippen molar-refractivity contribution in [2.24, 2.45) is 0 Å². The number of hydrogen-bond acceptors (Lipinski definition) is 4. The zero-order valence-electron chi connectivity index (χ0n) is 10.1. The van der Waals surface area contributed by atoms with Crippen LogP contribution < -0.4 is 0 Å². The molecule has 2 aliphatic heterocycles. The van der Waals surface area contributed by atoms with Gasteiger partial charge < -0.3 is 14.6 Å². The molecule has 3 heterocycles. The van der Waals surface area contributed by atoms with E-state index < -0.39 is 5.97 Å². The number of aliphatic hydroxyl groups is 1. The number of piperidine rings is 1. The van der Waals surface area contributed by atoms with Gasteiger partial charge >= 0.3 is 5.97 Å². The number of carboxylic acids is 1. The van der Waals surface area contributed by atoms with Crippen molar-refractivity contribution in [2.45, 2.75) is 50.4 Å². The van der Waals surface area contributed by atoms with Crippen molar-refractivity contribution in [3.63, 3.8) is 0 Å². The fraction of sp³-hybridized carbons (Fsp3) is 0.615. The Labute approximate surface area is 105 Å². The summed E-state index contributed by atoms with van der Waals surface area (Å²) >= 11 is 0. The number of aliphatic hydroxyl groups excluding tert-OH is 1. The third-order valence-corrected chi connectivity index (χ3v) is 4.10. The molecule has 0 radical (unpaired) electrons. The first kappa shape index (κ1) is 11.7. The maximum absolute atomic E-state index is 10.8. The summed E-state index contributed by atoms with van der Waals surface area (Å²) in [5, 5.41) is 18.6. The van der Waals surface area contributed by atoms with E-state index in [1.165, 1.54) is 6.26 Å². The lowest BCUT2D eigenvalue weighted by molar-refractivity contribution is 0.0275. The predicted molar refractivity (Wildman–Crippen MR) is 63.3 cm³/mol. The first-order valence-corrected chi connectivity index (χ1v) is 6.38. The van der Waals surface area contributed by atoms with Crippen LogP contribution in [-0.4, -0.2) is 39.3 Å². The topological polar surface area (TPSA) is 73.9 Å². The molecule has 5 heteroatoms. The summed E-state index contributed by atoms with van der Waals surface area (Å²) in [5.41, 5.74) is 0.203. The fourth-order valence-electron chi connectivity index (χ4n) is 3.26. The molecule has 0 amide bonds. The van der Waals surface area contributed by atoms with Gasteiger partial charge in [-0.2, -0.15) is 0 Å². The highest BCUT2D eigenvalue weighted by Crippen LogP contribution is 2.36. The highest BCUT2D eigenvalue weighted by atomic mass is 16.4. The SMILES string of the molecule is O=C(O)c1coc(CN2C3CCC2CC(O)C3)c1. The Morgan fingerprint density at radius 1 is 1.39 bits per heavy atom. The van der Waals surface area contributed by atoms with Gasteiger partial charge in [0.1, 0.15) is 12.0 Å². The van der Waals surface area contributed by atoms with Crippen LogP contribution >= 0.6 is 0 Å². The van der Waals surface area contributed by atoms with E-state index in [1.54, 1.807) is 6.07 Å². The number of furan rings is 1. The summed E-state index contributed by atoms with van der Waals surface area (Å²) < 4.78 is 5.29. The average Bonchev–Trinajstić information content (AvgIpc) is 2.85. The molecule has 0 saturated carbocycles. The lowest BCUT2D eigenvalue weighted by Gasteiger charge is -2.36. The van der Waals surface area contributed by atoms with Crippen molar-refractivity contribution in [1.82, 2.24) is 4.90 Å². The Bertz CT molecular complexity index is 442. The molecule has 2 atom stereocenters. The predicted octanol–water partition coefficient (Wildman–Crippen LogP) is 1.47. The largest absolute Gasteiger partial charge is 0.478 e. The van der Waals surface area contributed by atoms with Crippen LogP contribution in [0.3, 0.4) is 0 Å². The molecule has 2 fully saturated rings. The molecule has 2 unspecified atom stereocenters. The van der Waals surface area contributed by atoms with E-state index >= 15 is 0 Å². The zero-order chi connectivity index (χ0) is 12.7. The van der Waals surface area contributed by atoms with Gasteiger partial charge in [0.05, 0.1) is 18.2 Å². The minimum Gasteiger partial charge on any atom is -0.478 e. The first-order chi connectivity index (χ1) is 8.63. The van der Waals surface area contributed by atoms with Crippen molar-refractivity contribution < 1.29 is 19.4 Å². The van der Waals surface area contributed by atoms with Crippen LogP contribution in [0.1, 0.15) is 41.8 Å². The van der Waals surface area contributed by atoms with Crippen molar-refractivity contribution in [3.8, 4) is 0 Å². The molecule has 1 aromatic heterocycles. The summed E-state index contributed by atoms with van der Waals surface area (Å²) in [5.74, 6) is -0.261. The Morgan fingerprint density at radius 3 is 2.61 bits per heavy atom. The van der Waals surface area contributed by atoms with E-state index in [2.05, 4.69) is 4.90 Å². The Kier molecular flexibility index (Phi) is 2.87. The number of rotatable bonds is 3. The van der Waals surface area contributed by atoms with Crippen LogP contribution in [0.25, 0.3) is 0 Å². The van der Waals surface area contributed by atoms with E-state index in [-0.39, 0.29) is 11.7 Å². The smallest absolute Gasteiger partial charge is 0.338 e. The Hall–Kier alpha value is -1.33. The van der Waals surface area contributed by atoms with E-state index in [1.807, 2.05) is 0 Å². The first-order valence-electron chi connectivity index (χ1n) is 6.38. The second kappa shape index (κ2) is 4.40. The van der Waals surface area contributed by atoms with Crippen LogP contribution in [0.15, 0.2) is 16.7 Å². The van der Waals surface area contributed by atoms with Crippen LogP contribution in [0.2, 0.25) is 0 Å². The molecular weight excluding hydrogens is 234 g/mol. The van der Waals surface area contributed by atoms with Crippen molar-refractivity contribution >= 4 is 5.97 Å². The Balaban J connectivity index is 1.71. The second-order valence-corrected chi connectivity index (χ2v) is 5.29. The number of hydrogen-bond donors (Lipinski definition) is 2. The molecule has 2 saturated heterocycles. The molecule has 2 aliphatic rings. The molecule has 0 aromatic carbocycles. The van der Waals surface area contributed by atoms with Gasteiger partial charge in [0.15, 0.2) is 0 Å². The van der Waals surface area contributed by atoms with Gasteiger partial charge in [-0.15, -0.1) is 0 Å². The molecule has 1 aromatic rings. The molecular formula is C13H17NO4. The van der Waals surface area contributed by atoms with Gasteiger partial charge in [-0.05, 0) is 31.7 Å². The Morgan fingerprint density at radius 2 is 2.06 bits per heavy atom. The zero-order valence-corrected chi connectivity index (χ0v) is 10.1. The third-order valence-electron chi connectivity index (χ3n) is 4.10. The highest BCUT2D eigenvalue weighted by Gasteiger charge is 2.40. The van der Waals surface area contributed by atoms with Crippen molar-refractivity contribution in [2.75, 3.05) is 0 Å². The van der Waals surface area contributed by atoms with Crippen LogP contribution in [0.5, 0.6) is 0 Å². The van der Waals surface area contributed by atoms with Crippen LogP contribution in [-0.2, 0) is 6.54 Å². The van der Waals surface area contributed by atoms with Gasteiger partial charge in [0.2, 0.25) is 0 Å². The highest BCUT2D eigenvalue weighted by molar-refractivity contribution is 5.87. The summed E-state index contributed by atoms with van der Waals surface area (Å²) in [4.78, 5) is 13.1. The second-order valence-electron chi connectivity index (χ2n) is 5.29. The summed E-state index contributed by atoms with van der Waals surface area (Å²) in [6.45, 7) is 0.648. The molecule has 5 nitrogen and oxygen atoms in total. The monoisotopic (exact) mass is 251 g/mol. The van der Waals surface area contributed by atoms with Gasteiger partial charge in [0, 0.05) is 12.1 Å².